The molecular formula is C66H124O17P2. The molecule has 2 unspecified atom stereocenters. The molecular weight excluding hydrogens is 1130 g/mol. The van der Waals surface area contributed by atoms with E-state index in [-0.39, 0.29) is 25.7 Å². The second-order valence-electron chi connectivity index (χ2n) is 24.6. The molecule has 0 saturated carbocycles. The van der Waals surface area contributed by atoms with E-state index in [2.05, 4.69) is 72.8 Å². The Bertz CT molecular complexity index is 1770. The summed E-state index contributed by atoms with van der Waals surface area (Å²) in [7, 11) is -9.90. The number of aliphatic hydroxyl groups is 1. The summed E-state index contributed by atoms with van der Waals surface area (Å²) in [5.41, 5.74) is 0. The van der Waals surface area contributed by atoms with Crippen molar-refractivity contribution in [2.45, 2.75) is 317 Å². The van der Waals surface area contributed by atoms with E-state index in [1.165, 1.54) is 89.9 Å². The molecule has 0 aliphatic rings. The minimum Gasteiger partial charge on any atom is -0.462 e. The molecule has 3 N–H and O–H groups in total. The van der Waals surface area contributed by atoms with Gasteiger partial charge in [-0.1, -0.05) is 246 Å². The third kappa shape index (κ3) is 60.2. The summed E-state index contributed by atoms with van der Waals surface area (Å²) >= 11 is 0. The number of phosphoric acid groups is 2. The number of ether oxygens (including phenoxy) is 4. The largest absolute Gasteiger partial charge is 0.472 e. The predicted molar refractivity (Wildman–Crippen MR) is 340 cm³/mol. The predicted octanol–water partition coefficient (Wildman–Crippen LogP) is 17.8. The minimum atomic E-state index is -4.96. The van der Waals surface area contributed by atoms with Crippen LogP contribution in [0, 0.1) is 17.8 Å². The molecule has 500 valence electrons. The minimum absolute atomic E-state index is 0.0838. The molecule has 0 rings (SSSR count). The van der Waals surface area contributed by atoms with Gasteiger partial charge in [0.05, 0.1) is 26.4 Å². The molecule has 0 bridgehead atoms. The van der Waals surface area contributed by atoms with Crippen molar-refractivity contribution < 1.29 is 80.2 Å². The molecule has 0 spiro atoms. The van der Waals surface area contributed by atoms with E-state index in [0.717, 1.165) is 115 Å². The van der Waals surface area contributed by atoms with Crippen LogP contribution in [0.25, 0.3) is 0 Å². The highest BCUT2D eigenvalue weighted by molar-refractivity contribution is 7.47. The lowest BCUT2D eigenvalue weighted by atomic mass is 10.0. The van der Waals surface area contributed by atoms with Crippen LogP contribution < -0.4 is 0 Å². The molecule has 0 fully saturated rings. The molecule has 19 heteroatoms. The lowest BCUT2D eigenvalue weighted by Crippen LogP contribution is -2.30. The van der Waals surface area contributed by atoms with E-state index in [9.17, 15) is 43.2 Å². The SMILES string of the molecule is CCCCCC/C=C\C=C/CCCCCCCC(=O)O[C@H](COC(=O)CCCCCCCCCCCC(C)C)COP(=O)(O)OC[C@@H](O)COP(=O)(O)OC[C@@H](COC(=O)CCCCCCCCC(C)C)OC(=O)CCCCCCCCC(C)C. The van der Waals surface area contributed by atoms with Gasteiger partial charge < -0.3 is 33.8 Å². The zero-order valence-corrected chi connectivity index (χ0v) is 56.3. The lowest BCUT2D eigenvalue weighted by molar-refractivity contribution is -0.161. The van der Waals surface area contributed by atoms with Crippen molar-refractivity contribution >= 4 is 39.5 Å². The van der Waals surface area contributed by atoms with E-state index in [1.807, 2.05) is 0 Å². The highest BCUT2D eigenvalue weighted by atomic mass is 31.2. The summed E-state index contributed by atoms with van der Waals surface area (Å²) in [6.45, 7) is 11.5. The van der Waals surface area contributed by atoms with Crippen LogP contribution in [0.3, 0.4) is 0 Å². The quantitative estimate of drug-likeness (QED) is 0.0169. The Hall–Kier alpha value is -2.46. The van der Waals surface area contributed by atoms with Gasteiger partial charge in [0.2, 0.25) is 0 Å². The fraction of sp³-hybridized carbons (Fsp3) is 0.879. The molecule has 0 amide bonds. The summed E-state index contributed by atoms with van der Waals surface area (Å²) < 4.78 is 68.0. The normalized spacial score (nSPS) is 14.5. The Balaban J connectivity index is 5.28. The van der Waals surface area contributed by atoms with Crippen molar-refractivity contribution in [3.05, 3.63) is 24.3 Å². The molecule has 17 nitrogen and oxygen atoms in total. The molecule has 0 aliphatic carbocycles. The number of allylic oxidation sites excluding steroid dienone is 4. The van der Waals surface area contributed by atoms with Crippen LogP contribution in [0.2, 0.25) is 0 Å². The number of hydrogen-bond acceptors (Lipinski definition) is 15. The number of esters is 4. The van der Waals surface area contributed by atoms with E-state index in [1.54, 1.807) is 0 Å². The van der Waals surface area contributed by atoms with Crippen LogP contribution >= 0.6 is 15.6 Å². The number of hydrogen-bond donors (Lipinski definition) is 3. The number of carbonyl (C=O) groups is 4. The monoisotopic (exact) mass is 1250 g/mol. The molecule has 0 saturated heterocycles. The van der Waals surface area contributed by atoms with Crippen molar-refractivity contribution in [3.8, 4) is 0 Å². The van der Waals surface area contributed by atoms with E-state index in [4.69, 9.17) is 37.0 Å². The van der Waals surface area contributed by atoms with Gasteiger partial charge in [0.15, 0.2) is 12.2 Å². The second-order valence-corrected chi connectivity index (χ2v) is 27.5. The Morgan fingerprint density at radius 2 is 0.635 bits per heavy atom. The number of aliphatic hydroxyl groups excluding tert-OH is 1. The third-order valence-corrected chi connectivity index (χ3v) is 16.4. The van der Waals surface area contributed by atoms with E-state index < -0.39 is 97.5 Å². The van der Waals surface area contributed by atoms with Gasteiger partial charge >= 0.3 is 39.5 Å². The first kappa shape index (κ1) is 82.5. The third-order valence-electron chi connectivity index (χ3n) is 14.5. The molecule has 0 heterocycles. The van der Waals surface area contributed by atoms with Gasteiger partial charge in [-0.3, -0.25) is 37.3 Å². The van der Waals surface area contributed by atoms with Crippen LogP contribution in [0.1, 0.15) is 299 Å². The Labute approximate surface area is 516 Å². The average Bonchev–Trinajstić information content (AvgIpc) is 3.56. The lowest BCUT2D eigenvalue weighted by Gasteiger charge is -2.21. The Morgan fingerprint density at radius 1 is 0.365 bits per heavy atom. The summed E-state index contributed by atoms with van der Waals surface area (Å²) in [4.78, 5) is 72.2. The van der Waals surface area contributed by atoms with E-state index in [0.29, 0.717) is 37.5 Å². The standard InChI is InChI=1S/C66H124O17P2/c1-8-9-10-11-12-13-14-15-16-17-18-21-25-35-42-49-65(70)82-61(53-76-63(68)47-40-33-24-22-19-20-23-30-37-44-57(2)3)55-80-84(72,73)78-51-60(67)52-79-85(74,75)81-56-62(83-66(71)50-43-36-29-27-32-39-46-59(6)7)54-77-64(69)48-41-34-28-26-31-38-45-58(4)5/h13-16,57-62,67H,8-12,17-56H2,1-7H3,(H,72,73)(H,74,75)/b14-13-,16-15-/t60-,61-,62-/m1/s1. The van der Waals surface area contributed by atoms with Crippen LogP contribution in [0.5, 0.6) is 0 Å². The summed E-state index contributed by atoms with van der Waals surface area (Å²) in [5, 5.41) is 10.5. The van der Waals surface area contributed by atoms with Crippen molar-refractivity contribution in [3.63, 3.8) is 0 Å². The number of phosphoric ester groups is 2. The maximum atomic E-state index is 13.0. The summed E-state index contributed by atoms with van der Waals surface area (Å²) in [5.74, 6) is -0.0836. The number of unbranched alkanes of at least 4 members (excludes halogenated alkanes) is 27. The fourth-order valence-corrected chi connectivity index (χ4v) is 10.9. The van der Waals surface area contributed by atoms with Gasteiger partial charge in [0.1, 0.15) is 19.3 Å². The molecule has 0 aromatic carbocycles. The first-order valence-corrected chi connectivity index (χ1v) is 36.7. The number of carbonyl (C=O) groups excluding carboxylic acids is 4. The van der Waals surface area contributed by atoms with Crippen LogP contribution in [-0.4, -0.2) is 96.7 Å². The van der Waals surface area contributed by atoms with Gasteiger partial charge in [-0.25, -0.2) is 9.13 Å². The van der Waals surface area contributed by atoms with Gasteiger partial charge in [-0.2, -0.15) is 0 Å². The maximum absolute atomic E-state index is 13.0. The molecule has 0 aromatic heterocycles. The van der Waals surface area contributed by atoms with Crippen LogP contribution in [0.15, 0.2) is 24.3 Å². The molecule has 0 radical (unpaired) electrons. The first-order valence-electron chi connectivity index (χ1n) is 33.7. The average molecular weight is 1250 g/mol. The maximum Gasteiger partial charge on any atom is 0.472 e. The molecule has 0 aromatic rings. The van der Waals surface area contributed by atoms with Gasteiger partial charge in [-0.05, 0) is 69.1 Å². The van der Waals surface area contributed by atoms with E-state index >= 15 is 0 Å². The van der Waals surface area contributed by atoms with Crippen molar-refractivity contribution in [1.29, 1.82) is 0 Å². The van der Waals surface area contributed by atoms with Crippen molar-refractivity contribution in [1.82, 2.24) is 0 Å². The Kier molecular flexibility index (Phi) is 55.1. The van der Waals surface area contributed by atoms with Gasteiger partial charge in [-0.15, -0.1) is 0 Å². The first-order chi connectivity index (χ1) is 40.7. The highest BCUT2D eigenvalue weighted by Gasteiger charge is 2.30. The summed E-state index contributed by atoms with van der Waals surface area (Å²) in [6, 6.07) is 0. The Morgan fingerprint density at radius 3 is 0.953 bits per heavy atom. The van der Waals surface area contributed by atoms with Gasteiger partial charge in [0.25, 0.3) is 0 Å². The summed E-state index contributed by atoms with van der Waals surface area (Å²) in [6.07, 6.45) is 41.5. The number of rotatable bonds is 62. The highest BCUT2D eigenvalue weighted by Crippen LogP contribution is 2.45. The topological polar surface area (TPSA) is 237 Å². The van der Waals surface area contributed by atoms with Crippen LogP contribution in [0.4, 0.5) is 0 Å². The second kappa shape index (κ2) is 56.8. The zero-order valence-electron chi connectivity index (χ0n) is 54.5. The molecule has 85 heavy (non-hydrogen) atoms. The smallest absolute Gasteiger partial charge is 0.462 e. The van der Waals surface area contributed by atoms with Crippen molar-refractivity contribution in [2.75, 3.05) is 39.6 Å². The fourth-order valence-electron chi connectivity index (χ4n) is 9.29. The molecule has 0 aliphatic heterocycles. The molecule has 5 atom stereocenters. The van der Waals surface area contributed by atoms with Crippen molar-refractivity contribution in [2.24, 2.45) is 17.8 Å². The zero-order chi connectivity index (χ0) is 63.1. The van der Waals surface area contributed by atoms with Crippen LogP contribution in [-0.2, 0) is 65.4 Å². The van der Waals surface area contributed by atoms with Gasteiger partial charge in [0, 0.05) is 25.7 Å².